The van der Waals surface area contributed by atoms with Crippen LogP contribution in [0.4, 0.5) is 0 Å². The number of imidazole rings is 1. The molecule has 0 amide bonds. The van der Waals surface area contributed by atoms with Gasteiger partial charge in [-0.05, 0) is 25.0 Å². The van der Waals surface area contributed by atoms with Gasteiger partial charge < -0.3 is 9.67 Å². The lowest BCUT2D eigenvalue weighted by Crippen LogP contribution is -2.08. The first-order chi connectivity index (χ1) is 8.19. The molecule has 0 fully saturated rings. The van der Waals surface area contributed by atoms with Gasteiger partial charge in [-0.2, -0.15) is 0 Å². The molecular formula is C13H16N2O2. The van der Waals surface area contributed by atoms with E-state index in [-0.39, 0.29) is 0 Å². The fraction of sp³-hybridized carbons (Fsp3) is 0.385. The van der Waals surface area contributed by atoms with Gasteiger partial charge in [-0.15, -0.1) is 0 Å². The van der Waals surface area contributed by atoms with E-state index in [0.29, 0.717) is 11.6 Å². The first-order valence-corrected chi connectivity index (χ1v) is 5.87. The van der Waals surface area contributed by atoms with E-state index in [1.54, 1.807) is 18.5 Å². The molecule has 0 atom stereocenters. The Morgan fingerprint density at radius 2 is 2.12 bits per heavy atom. The van der Waals surface area contributed by atoms with Gasteiger partial charge >= 0.3 is 5.97 Å². The number of nitrogens with zero attached hydrogens (tertiary/aromatic N) is 2. The first-order valence-electron chi connectivity index (χ1n) is 5.87. The SMILES string of the molecule is CCC(CC)n1cnc2cccc(C(=O)O)c21. The molecule has 1 N–H and O–H groups in total. The maximum Gasteiger partial charge on any atom is 0.337 e. The van der Waals surface area contributed by atoms with Crippen LogP contribution in [0.25, 0.3) is 11.0 Å². The Balaban J connectivity index is 2.68. The van der Waals surface area contributed by atoms with Crippen LogP contribution in [-0.2, 0) is 0 Å². The zero-order chi connectivity index (χ0) is 12.4. The third kappa shape index (κ3) is 1.90. The summed E-state index contributed by atoms with van der Waals surface area (Å²) in [6.45, 7) is 4.20. The summed E-state index contributed by atoms with van der Waals surface area (Å²) in [6, 6.07) is 5.52. The molecule has 0 aliphatic rings. The van der Waals surface area contributed by atoms with Crippen molar-refractivity contribution >= 4 is 17.0 Å². The second kappa shape index (κ2) is 4.57. The molecule has 1 heterocycles. The van der Waals surface area contributed by atoms with E-state index in [4.69, 9.17) is 0 Å². The highest BCUT2D eigenvalue weighted by molar-refractivity contribution is 6.01. The fourth-order valence-corrected chi connectivity index (χ4v) is 2.22. The number of para-hydroxylation sites is 1. The van der Waals surface area contributed by atoms with Gasteiger partial charge in [-0.1, -0.05) is 19.9 Å². The van der Waals surface area contributed by atoms with Crippen molar-refractivity contribution in [1.29, 1.82) is 0 Å². The number of hydrogen-bond donors (Lipinski definition) is 1. The minimum Gasteiger partial charge on any atom is -0.478 e. The van der Waals surface area contributed by atoms with Gasteiger partial charge in [-0.25, -0.2) is 9.78 Å². The lowest BCUT2D eigenvalue weighted by molar-refractivity contribution is 0.0698. The second-order valence-electron chi connectivity index (χ2n) is 4.10. The zero-order valence-electron chi connectivity index (χ0n) is 10.1. The summed E-state index contributed by atoms with van der Waals surface area (Å²) in [5, 5.41) is 9.21. The average Bonchev–Trinajstić information content (AvgIpc) is 2.75. The Labute approximate surface area is 99.9 Å². The van der Waals surface area contributed by atoms with Crippen molar-refractivity contribution in [2.45, 2.75) is 32.7 Å². The number of hydrogen-bond acceptors (Lipinski definition) is 2. The first kappa shape index (κ1) is 11.6. The Morgan fingerprint density at radius 1 is 1.41 bits per heavy atom. The van der Waals surface area contributed by atoms with Gasteiger partial charge in [0.25, 0.3) is 0 Å². The normalized spacial score (nSPS) is 11.2. The lowest BCUT2D eigenvalue weighted by Gasteiger charge is -2.16. The summed E-state index contributed by atoms with van der Waals surface area (Å²) in [5.41, 5.74) is 1.80. The maximum atomic E-state index is 11.2. The number of carboxylic acids is 1. The largest absolute Gasteiger partial charge is 0.478 e. The Bertz CT molecular complexity index is 541. The van der Waals surface area contributed by atoms with Crippen molar-refractivity contribution in [2.75, 3.05) is 0 Å². The van der Waals surface area contributed by atoms with Crippen molar-refractivity contribution in [1.82, 2.24) is 9.55 Å². The van der Waals surface area contributed by atoms with Crippen molar-refractivity contribution in [3.63, 3.8) is 0 Å². The molecule has 0 aliphatic carbocycles. The summed E-state index contributed by atoms with van der Waals surface area (Å²) < 4.78 is 1.98. The number of carbonyl (C=O) groups is 1. The van der Waals surface area contributed by atoms with Crippen molar-refractivity contribution in [2.24, 2.45) is 0 Å². The van der Waals surface area contributed by atoms with Gasteiger partial charge in [0.15, 0.2) is 0 Å². The quantitative estimate of drug-likeness (QED) is 0.881. The van der Waals surface area contributed by atoms with E-state index < -0.39 is 5.97 Å². The molecule has 4 nitrogen and oxygen atoms in total. The summed E-state index contributed by atoms with van der Waals surface area (Å²) in [4.78, 5) is 15.5. The molecule has 0 aliphatic heterocycles. The van der Waals surface area contributed by atoms with Gasteiger partial charge in [-0.3, -0.25) is 0 Å². The second-order valence-corrected chi connectivity index (χ2v) is 4.10. The average molecular weight is 232 g/mol. The number of rotatable bonds is 4. The predicted molar refractivity (Wildman–Crippen MR) is 66.3 cm³/mol. The summed E-state index contributed by atoms with van der Waals surface area (Å²) in [5.74, 6) is -0.900. The van der Waals surface area contributed by atoms with Gasteiger partial charge in [0.05, 0.1) is 22.9 Å². The Kier molecular flexibility index (Phi) is 3.13. The summed E-state index contributed by atoms with van der Waals surface area (Å²) in [6.07, 6.45) is 3.68. The molecule has 0 bridgehead atoms. The number of fused-ring (bicyclic) bond motifs is 1. The van der Waals surface area contributed by atoms with E-state index in [9.17, 15) is 9.90 Å². The highest BCUT2D eigenvalue weighted by Crippen LogP contribution is 2.25. The van der Waals surface area contributed by atoms with Crippen LogP contribution in [0.1, 0.15) is 43.1 Å². The van der Waals surface area contributed by atoms with Crippen LogP contribution in [0.3, 0.4) is 0 Å². The molecule has 0 radical (unpaired) electrons. The monoisotopic (exact) mass is 232 g/mol. The third-order valence-electron chi connectivity index (χ3n) is 3.16. The standard InChI is InChI=1S/C13H16N2O2/c1-3-9(4-2)15-8-14-11-7-5-6-10(12(11)15)13(16)17/h5-9H,3-4H2,1-2H3,(H,16,17). The Hall–Kier alpha value is -1.84. The molecule has 2 aromatic rings. The molecule has 1 aromatic heterocycles. The fourth-order valence-electron chi connectivity index (χ4n) is 2.22. The minimum absolute atomic E-state index is 0.306. The van der Waals surface area contributed by atoms with Crippen LogP contribution in [0.5, 0.6) is 0 Å². The molecule has 2 rings (SSSR count). The van der Waals surface area contributed by atoms with Crippen LogP contribution in [0.2, 0.25) is 0 Å². The van der Waals surface area contributed by atoms with Crippen LogP contribution < -0.4 is 0 Å². The number of benzene rings is 1. The highest BCUT2D eigenvalue weighted by atomic mass is 16.4. The lowest BCUT2D eigenvalue weighted by atomic mass is 10.1. The van der Waals surface area contributed by atoms with Crippen molar-refractivity contribution < 1.29 is 9.90 Å². The van der Waals surface area contributed by atoms with E-state index in [0.717, 1.165) is 23.9 Å². The smallest absolute Gasteiger partial charge is 0.337 e. The molecule has 0 spiro atoms. The molecule has 4 heteroatoms. The van der Waals surface area contributed by atoms with E-state index in [1.807, 2.05) is 10.6 Å². The number of aromatic carboxylic acids is 1. The number of carboxylic acid groups (broad SMARTS) is 1. The van der Waals surface area contributed by atoms with E-state index >= 15 is 0 Å². The van der Waals surface area contributed by atoms with Crippen LogP contribution in [0, 0.1) is 0 Å². The molecule has 90 valence electrons. The predicted octanol–water partition coefficient (Wildman–Crippen LogP) is 3.10. The minimum atomic E-state index is -0.900. The molecule has 0 unspecified atom stereocenters. The Morgan fingerprint density at radius 3 is 2.71 bits per heavy atom. The molecule has 1 aromatic carbocycles. The highest BCUT2D eigenvalue weighted by Gasteiger charge is 2.16. The van der Waals surface area contributed by atoms with Crippen molar-refractivity contribution in [3.05, 3.63) is 30.1 Å². The summed E-state index contributed by atoms with van der Waals surface area (Å²) in [7, 11) is 0. The molecule has 0 saturated heterocycles. The number of aromatic nitrogens is 2. The topological polar surface area (TPSA) is 55.1 Å². The molecular weight excluding hydrogens is 216 g/mol. The van der Waals surface area contributed by atoms with Crippen molar-refractivity contribution in [3.8, 4) is 0 Å². The van der Waals surface area contributed by atoms with E-state index in [1.165, 1.54) is 0 Å². The zero-order valence-corrected chi connectivity index (χ0v) is 10.1. The van der Waals surface area contributed by atoms with Gasteiger partial charge in [0, 0.05) is 6.04 Å². The molecule has 0 saturated carbocycles. The van der Waals surface area contributed by atoms with Gasteiger partial charge in [0.2, 0.25) is 0 Å². The van der Waals surface area contributed by atoms with E-state index in [2.05, 4.69) is 18.8 Å². The summed E-state index contributed by atoms with van der Waals surface area (Å²) >= 11 is 0. The third-order valence-corrected chi connectivity index (χ3v) is 3.16. The van der Waals surface area contributed by atoms with Gasteiger partial charge in [0.1, 0.15) is 0 Å². The van der Waals surface area contributed by atoms with Crippen LogP contribution in [0.15, 0.2) is 24.5 Å². The van der Waals surface area contributed by atoms with Crippen LogP contribution in [-0.4, -0.2) is 20.6 Å². The van der Waals surface area contributed by atoms with Crippen LogP contribution >= 0.6 is 0 Å². The maximum absolute atomic E-state index is 11.2. The molecule has 17 heavy (non-hydrogen) atoms.